The van der Waals surface area contributed by atoms with Crippen LogP contribution in [0.4, 0.5) is 13.2 Å². The molecule has 0 spiro atoms. The molecule has 2 N–H and O–H groups in total. The fourth-order valence-corrected chi connectivity index (χ4v) is 2.68. The second-order valence-electron chi connectivity index (χ2n) is 5.78. The Morgan fingerprint density at radius 1 is 1.29 bits per heavy atom. The first-order chi connectivity index (χ1) is 11.3. The lowest BCUT2D eigenvalue weighted by Crippen LogP contribution is -2.57. The maximum absolute atomic E-state index is 13.0. The standard InChI is InChI=1S/C16H21F3N2O3/c1-23-13-5-2-11(3-6-13)9-24-10-15(22)21-8-12(20)4-7-14(21)16(17,18)19/h2-3,5-6,12,14H,4,7-10,20H2,1H3. The van der Waals surface area contributed by atoms with E-state index in [0.29, 0.717) is 5.75 Å². The highest BCUT2D eigenvalue weighted by atomic mass is 19.4. The van der Waals surface area contributed by atoms with Crippen LogP contribution in [0.15, 0.2) is 24.3 Å². The van der Waals surface area contributed by atoms with Gasteiger partial charge in [-0.1, -0.05) is 12.1 Å². The molecule has 0 aliphatic carbocycles. The normalized spacial score (nSPS) is 21.6. The van der Waals surface area contributed by atoms with Crippen LogP contribution in [0.25, 0.3) is 0 Å². The molecule has 0 radical (unpaired) electrons. The van der Waals surface area contributed by atoms with E-state index in [-0.39, 0.29) is 26.0 Å². The van der Waals surface area contributed by atoms with Crippen molar-refractivity contribution in [1.82, 2.24) is 4.90 Å². The Kier molecular flexibility index (Phi) is 6.06. The number of halogens is 3. The number of rotatable bonds is 5. The average molecular weight is 346 g/mol. The van der Waals surface area contributed by atoms with Gasteiger partial charge in [-0.05, 0) is 30.5 Å². The number of amides is 1. The number of benzene rings is 1. The lowest BCUT2D eigenvalue weighted by atomic mass is 9.98. The molecule has 1 aromatic rings. The summed E-state index contributed by atoms with van der Waals surface area (Å²) in [4.78, 5) is 12.9. The summed E-state index contributed by atoms with van der Waals surface area (Å²) in [7, 11) is 1.55. The number of alkyl halides is 3. The third-order valence-electron chi connectivity index (χ3n) is 3.97. The first kappa shape index (κ1) is 18.5. The topological polar surface area (TPSA) is 64.8 Å². The maximum Gasteiger partial charge on any atom is 0.408 e. The summed E-state index contributed by atoms with van der Waals surface area (Å²) in [5.41, 5.74) is 6.50. The van der Waals surface area contributed by atoms with Gasteiger partial charge in [0.1, 0.15) is 18.4 Å². The molecule has 0 bridgehead atoms. The van der Waals surface area contributed by atoms with E-state index in [9.17, 15) is 18.0 Å². The van der Waals surface area contributed by atoms with E-state index in [1.165, 1.54) is 0 Å². The molecular formula is C16H21F3N2O3. The molecule has 8 heteroatoms. The average Bonchev–Trinajstić information content (AvgIpc) is 2.54. The Labute approximate surface area is 138 Å². The van der Waals surface area contributed by atoms with Gasteiger partial charge in [0, 0.05) is 12.6 Å². The summed E-state index contributed by atoms with van der Waals surface area (Å²) in [6, 6.07) is 4.79. The fraction of sp³-hybridized carbons (Fsp3) is 0.562. The molecule has 5 nitrogen and oxygen atoms in total. The molecule has 1 aliphatic rings. The summed E-state index contributed by atoms with van der Waals surface area (Å²) in [5, 5.41) is 0. The quantitative estimate of drug-likeness (QED) is 0.887. The molecule has 24 heavy (non-hydrogen) atoms. The molecule has 1 aromatic carbocycles. The number of hydrogen-bond acceptors (Lipinski definition) is 4. The van der Waals surface area contributed by atoms with Crippen LogP contribution in [0.1, 0.15) is 18.4 Å². The summed E-state index contributed by atoms with van der Waals surface area (Å²) in [5.74, 6) is -0.00821. The Bertz CT molecular complexity index is 548. The van der Waals surface area contributed by atoms with Gasteiger partial charge in [0.15, 0.2) is 0 Å². The minimum absolute atomic E-state index is 0.102. The van der Waals surface area contributed by atoms with Gasteiger partial charge in [0.05, 0.1) is 13.7 Å². The Hall–Kier alpha value is -1.80. The number of ether oxygens (including phenoxy) is 2. The minimum Gasteiger partial charge on any atom is -0.497 e. The molecule has 2 unspecified atom stereocenters. The van der Waals surface area contributed by atoms with E-state index < -0.39 is 30.8 Å². The molecule has 2 rings (SSSR count). The fourth-order valence-electron chi connectivity index (χ4n) is 2.68. The van der Waals surface area contributed by atoms with Crippen molar-refractivity contribution in [2.75, 3.05) is 20.3 Å². The Balaban J connectivity index is 1.89. The molecule has 1 aliphatic heterocycles. The number of nitrogens with two attached hydrogens (primary N) is 1. The van der Waals surface area contributed by atoms with Gasteiger partial charge in [-0.15, -0.1) is 0 Å². The number of likely N-dealkylation sites (tertiary alicyclic amines) is 1. The number of carbonyl (C=O) groups excluding carboxylic acids is 1. The van der Waals surface area contributed by atoms with Gasteiger partial charge in [-0.25, -0.2) is 0 Å². The van der Waals surface area contributed by atoms with E-state index in [4.69, 9.17) is 15.2 Å². The van der Waals surface area contributed by atoms with Gasteiger partial charge in [0.2, 0.25) is 5.91 Å². The van der Waals surface area contributed by atoms with E-state index >= 15 is 0 Å². The third-order valence-corrected chi connectivity index (χ3v) is 3.97. The largest absolute Gasteiger partial charge is 0.497 e. The van der Waals surface area contributed by atoms with Gasteiger partial charge < -0.3 is 20.1 Å². The molecule has 0 saturated carbocycles. The highest BCUT2D eigenvalue weighted by molar-refractivity contribution is 5.78. The zero-order valence-electron chi connectivity index (χ0n) is 13.4. The van der Waals surface area contributed by atoms with Crippen LogP contribution < -0.4 is 10.5 Å². The first-order valence-electron chi connectivity index (χ1n) is 7.63. The van der Waals surface area contributed by atoms with Crippen molar-refractivity contribution < 1.29 is 27.4 Å². The number of nitrogens with zero attached hydrogens (tertiary/aromatic N) is 1. The zero-order chi connectivity index (χ0) is 17.7. The Morgan fingerprint density at radius 3 is 2.54 bits per heavy atom. The van der Waals surface area contributed by atoms with Crippen LogP contribution in [-0.2, 0) is 16.1 Å². The molecule has 1 fully saturated rings. The summed E-state index contributed by atoms with van der Waals surface area (Å²) < 4.78 is 49.4. The Morgan fingerprint density at radius 2 is 1.96 bits per heavy atom. The third kappa shape index (κ3) is 4.85. The van der Waals surface area contributed by atoms with Crippen molar-refractivity contribution in [2.45, 2.75) is 37.7 Å². The van der Waals surface area contributed by atoms with E-state index in [1.807, 2.05) is 0 Å². The molecule has 134 valence electrons. The van der Waals surface area contributed by atoms with Crippen molar-refractivity contribution in [3.8, 4) is 5.75 Å². The van der Waals surface area contributed by atoms with Gasteiger partial charge in [-0.2, -0.15) is 13.2 Å². The highest BCUT2D eigenvalue weighted by Gasteiger charge is 2.47. The number of hydrogen-bond donors (Lipinski definition) is 1. The summed E-state index contributed by atoms with van der Waals surface area (Å²) in [6.45, 7) is -0.382. The van der Waals surface area contributed by atoms with Gasteiger partial charge >= 0.3 is 6.18 Å². The van der Waals surface area contributed by atoms with Crippen molar-refractivity contribution in [3.05, 3.63) is 29.8 Å². The molecular weight excluding hydrogens is 325 g/mol. The molecule has 1 saturated heterocycles. The van der Waals surface area contributed by atoms with Crippen LogP contribution in [0.3, 0.4) is 0 Å². The van der Waals surface area contributed by atoms with Crippen LogP contribution in [0, 0.1) is 0 Å². The van der Waals surface area contributed by atoms with Gasteiger partial charge in [0.25, 0.3) is 0 Å². The lowest BCUT2D eigenvalue weighted by molar-refractivity contribution is -0.198. The maximum atomic E-state index is 13.0. The second kappa shape index (κ2) is 7.85. The predicted molar refractivity (Wildman–Crippen MR) is 81.4 cm³/mol. The second-order valence-corrected chi connectivity index (χ2v) is 5.78. The van der Waals surface area contributed by atoms with Crippen molar-refractivity contribution >= 4 is 5.91 Å². The lowest BCUT2D eigenvalue weighted by Gasteiger charge is -2.39. The molecule has 0 aromatic heterocycles. The van der Waals surface area contributed by atoms with Crippen molar-refractivity contribution in [2.24, 2.45) is 5.73 Å². The van der Waals surface area contributed by atoms with E-state index in [2.05, 4.69) is 0 Å². The molecule has 1 heterocycles. The SMILES string of the molecule is COc1ccc(COCC(=O)N2CC(N)CCC2C(F)(F)F)cc1. The molecule has 2 atom stereocenters. The summed E-state index contributed by atoms with van der Waals surface area (Å²) in [6.07, 6.45) is -4.37. The highest BCUT2D eigenvalue weighted by Crippen LogP contribution is 2.31. The van der Waals surface area contributed by atoms with E-state index in [1.54, 1.807) is 31.4 Å². The number of piperidine rings is 1. The zero-order valence-corrected chi connectivity index (χ0v) is 13.4. The monoisotopic (exact) mass is 346 g/mol. The number of methoxy groups -OCH3 is 1. The van der Waals surface area contributed by atoms with Crippen LogP contribution in [-0.4, -0.2) is 49.3 Å². The molecule has 1 amide bonds. The van der Waals surface area contributed by atoms with Crippen LogP contribution in [0.2, 0.25) is 0 Å². The number of carbonyl (C=O) groups is 1. The van der Waals surface area contributed by atoms with Gasteiger partial charge in [-0.3, -0.25) is 4.79 Å². The van der Waals surface area contributed by atoms with E-state index in [0.717, 1.165) is 10.5 Å². The predicted octanol–water partition coefficient (Wildman–Crippen LogP) is 2.09. The van der Waals surface area contributed by atoms with Crippen LogP contribution in [0.5, 0.6) is 5.75 Å². The summed E-state index contributed by atoms with van der Waals surface area (Å²) >= 11 is 0. The van der Waals surface area contributed by atoms with Crippen molar-refractivity contribution in [1.29, 1.82) is 0 Å². The van der Waals surface area contributed by atoms with Crippen LogP contribution >= 0.6 is 0 Å². The minimum atomic E-state index is -4.45. The first-order valence-corrected chi connectivity index (χ1v) is 7.63. The van der Waals surface area contributed by atoms with Crippen molar-refractivity contribution in [3.63, 3.8) is 0 Å². The smallest absolute Gasteiger partial charge is 0.408 e.